The normalized spacial score (nSPS) is 12.5. The summed E-state index contributed by atoms with van der Waals surface area (Å²) in [4.78, 5) is 41.1. The van der Waals surface area contributed by atoms with Crippen LogP contribution in [0.15, 0.2) is 42.5 Å². The van der Waals surface area contributed by atoms with Gasteiger partial charge in [-0.05, 0) is 82.9 Å². The van der Waals surface area contributed by atoms with E-state index in [1.807, 2.05) is 38.3 Å². The molecular weight excluding hydrogens is 502 g/mol. The number of thioether (sulfide) groups is 1. The molecule has 8 nitrogen and oxygen atoms in total. The predicted molar refractivity (Wildman–Crippen MR) is 152 cm³/mol. The van der Waals surface area contributed by atoms with Gasteiger partial charge in [-0.2, -0.15) is 11.8 Å². The molecule has 0 aliphatic carbocycles. The van der Waals surface area contributed by atoms with Crippen LogP contribution in [0.5, 0.6) is 5.75 Å². The largest absolute Gasteiger partial charge is 0.497 e. The summed E-state index contributed by atoms with van der Waals surface area (Å²) < 4.78 is 10.6. The zero-order valence-electron chi connectivity index (χ0n) is 23.1. The van der Waals surface area contributed by atoms with Gasteiger partial charge >= 0.3 is 6.09 Å². The highest BCUT2D eigenvalue weighted by Gasteiger charge is 2.36. The SMILES string of the molecule is C#CN(C(=O)C(CCSC)NC(=O)OC(C)(C)C)C(C(=O)Nc1ccc(OC)cc1)c1cc(C)cc(C)c1. The fourth-order valence-corrected chi connectivity index (χ4v) is 4.32. The van der Waals surface area contributed by atoms with E-state index in [0.717, 1.165) is 16.0 Å². The maximum atomic E-state index is 13.8. The quantitative estimate of drug-likeness (QED) is 0.324. The molecule has 2 rings (SSSR count). The van der Waals surface area contributed by atoms with Gasteiger partial charge in [-0.1, -0.05) is 35.7 Å². The maximum absolute atomic E-state index is 13.8. The molecule has 2 N–H and O–H groups in total. The van der Waals surface area contributed by atoms with Crippen molar-refractivity contribution in [3.63, 3.8) is 0 Å². The molecule has 0 saturated carbocycles. The number of carbonyl (C=O) groups excluding carboxylic acids is 3. The van der Waals surface area contributed by atoms with E-state index in [4.69, 9.17) is 15.9 Å². The number of aryl methyl sites for hydroxylation is 2. The van der Waals surface area contributed by atoms with Crippen LogP contribution in [-0.2, 0) is 14.3 Å². The molecule has 0 aliphatic rings. The van der Waals surface area contributed by atoms with Crippen LogP contribution in [-0.4, -0.2) is 53.6 Å². The molecule has 0 fully saturated rings. The van der Waals surface area contributed by atoms with Crippen molar-refractivity contribution < 1.29 is 23.9 Å². The van der Waals surface area contributed by atoms with E-state index in [2.05, 4.69) is 16.7 Å². The summed E-state index contributed by atoms with van der Waals surface area (Å²) in [5, 5.41) is 5.50. The lowest BCUT2D eigenvalue weighted by molar-refractivity contribution is -0.136. The minimum atomic E-state index is -1.15. The summed E-state index contributed by atoms with van der Waals surface area (Å²) >= 11 is 1.52. The van der Waals surface area contributed by atoms with Crippen molar-refractivity contribution in [3.8, 4) is 18.2 Å². The Morgan fingerprint density at radius 2 is 1.68 bits per heavy atom. The van der Waals surface area contributed by atoms with Gasteiger partial charge < -0.3 is 20.1 Å². The van der Waals surface area contributed by atoms with E-state index >= 15 is 0 Å². The summed E-state index contributed by atoms with van der Waals surface area (Å²) in [6.07, 6.45) is 7.33. The summed E-state index contributed by atoms with van der Waals surface area (Å²) in [5.74, 6) is 0.143. The lowest BCUT2D eigenvalue weighted by Crippen LogP contribution is -2.51. The van der Waals surface area contributed by atoms with Gasteiger partial charge in [-0.25, -0.2) is 4.79 Å². The number of nitrogens with zero attached hydrogens (tertiary/aromatic N) is 1. The first-order valence-electron chi connectivity index (χ1n) is 12.2. The number of carbonyl (C=O) groups is 3. The molecule has 0 aromatic heterocycles. The second-order valence-corrected chi connectivity index (χ2v) is 10.8. The van der Waals surface area contributed by atoms with Crippen molar-refractivity contribution >= 4 is 35.4 Å². The molecule has 2 atom stereocenters. The van der Waals surface area contributed by atoms with Crippen LogP contribution in [0.3, 0.4) is 0 Å². The molecule has 2 unspecified atom stereocenters. The van der Waals surface area contributed by atoms with E-state index in [-0.39, 0.29) is 0 Å². The molecule has 2 aromatic rings. The van der Waals surface area contributed by atoms with Gasteiger partial charge in [0.15, 0.2) is 0 Å². The lowest BCUT2D eigenvalue weighted by atomic mass is 9.98. The molecule has 0 spiro atoms. The van der Waals surface area contributed by atoms with Gasteiger partial charge in [0.1, 0.15) is 23.4 Å². The van der Waals surface area contributed by atoms with Crippen LogP contribution in [0, 0.1) is 26.3 Å². The van der Waals surface area contributed by atoms with Gasteiger partial charge in [0.05, 0.1) is 7.11 Å². The molecule has 0 saturated heterocycles. The molecule has 0 bridgehead atoms. The molecule has 0 heterocycles. The average molecular weight is 540 g/mol. The number of rotatable bonds is 10. The average Bonchev–Trinajstić information content (AvgIpc) is 2.83. The third-order valence-electron chi connectivity index (χ3n) is 5.40. The van der Waals surface area contributed by atoms with E-state index in [9.17, 15) is 14.4 Å². The molecule has 204 valence electrons. The highest BCUT2D eigenvalue weighted by atomic mass is 32.2. The Labute approximate surface area is 229 Å². The highest BCUT2D eigenvalue weighted by Crippen LogP contribution is 2.27. The third kappa shape index (κ3) is 9.03. The van der Waals surface area contributed by atoms with Crippen LogP contribution in [0.25, 0.3) is 0 Å². The van der Waals surface area contributed by atoms with E-state index < -0.39 is 35.6 Å². The van der Waals surface area contributed by atoms with Gasteiger partial charge in [0.25, 0.3) is 11.8 Å². The Morgan fingerprint density at radius 1 is 1.08 bits per heavy atom. The van der Waals surface area contributed by atoms with Crippen molar-refractivity contribution in [2.45, 2.75) is 58.7 Å². The molecular formula is C29H37N3O5S. The number of hydrogen-bond acceptors (Lipinski definition) is 6. The van der Waals surface area contributed by atoms with E-state index in [1.165, 1.54) is 11.8 Å². The van der Waals surface area contributed by atoms with E-state index in [0.29, 0.717) is 29.2 Å². The topological polar surface area (TPSA) is 97.0 Å². The van der Waals surface area contributed by atoms with Crippen molar-refractivity contribution in [3.05, 3.63) is 59.2 Å². The van der Waals surface area contributed by atoms with Crippen LogP contribution in [0.4, 0.5) is 10.5 Å². The second kappa shape index (κ2) is 13.8. The molecule has 9 heteroatoms. The lowest BCUT2D eigenvalue weighted by Gasteiger charge is -2.30. The maximum Gasteiger partial charge on any atom is 0.408 e. The van der Waals surface area contributed by atoms with Crippen molar-refractivity contribution in [1.82, 2.24) is 10.2 Å². The predicted octanol–water partition coefficient (Wildman–Crippen LogP) is 5.06. The first kappa shape index (κ1) is 30.6. The van der Waals surface area contributed by atoms with Gasteiger partial charge in [0.2, 0.25) is 0 Å². The molecule has 3 amide bonds. The van der Waals surface area contributed by atoms with Crippen LogP contribution < -0.4 is 15.4 Å². The van der Waals surface area contributed by atoms with Crippen molar-refractivity contribution in [1.29, 1.82) is 0 Å². The zero-order chi connectivity index (χ0) is 28.5. The summed E-state index contributed by atoms with van der Waals surface area (Å²) in [5.41, 5.74) is 2.15. The number of hydrogen-bond donors (Lipinski definition) is 2. The molecule has 0 radical (unpaired) electrons. The Morgan fingerprint density at radius 3 is 2.18 bits per heavy atom. The van der Waals surface area contributed by atoms with Gasteiger partial charge in [-0.15, -0.1) is 0 Å². The first-order valence-corrected chi connectivity index (χ1v) is 13.6. The Kier molecular flexibility index (Phi) is 11.1. The van der Waals surface area contributed by atoms with Crippen molar-refractivity contribution in [2.24, 2.45) is 0 Å². The van der Waals surface area contributed by atoms with Crippen LogP contribution in [0.1, 0.15) is 49.9 Å². The molecule has 38 heavy (non-hydrogen) atoms. The van der Waals surface area contributed by atoms with E-state index in [1.54, 1.807) is 52.1 Å². The van der Waals surface area contributed by atoms with Gasteiger partial charge in [-0.3, -0.25) is 14.5 Å². The fraction of sp³-hybridized carbons (Fsp3) is 0.414. The number of terminal acetylenes is 1. The van der Waals surface area contributed by atoms with Crippen molar-refractivity contribution in [2.75, 3.05) is 24.4 Å². The monoisotopic (exact) mass is 539 g/mol. The fourth-order valence-electron chi connectivity index (χ4n) is 3.85. The second-order valence-electron chi connectivity index (χ2n) is 9.86. The number of benzene rings is 2. The summed E-state index contributed by atoms with van der Waals surface area (Å²) in [6, 6.07) is 12.7. The summed E-state index contributed by atoms with van der Waals surface area (Å²) in [6.45, 7) is 9.01. The number of anilines is 1. The number of ether oxygens (including phenoxy) is 2. The van der Waals surface area contributed by atoms with Crippen LogP contribution >= 0.6 is 11.8 Å². The third-order valence-corrected chi connectivity index (χ3v) is 6.04. The number of alkyl carbamates (subject to hydrolysis) is 1. The molecule has 0 aliphatic heterocycles. The molecule has 2 aromatic carbocycles. The minimum absolute atomic E-state index is 0.303. The Balaban J connectivity index is 2.47. The Hall–Kier alpha value is -3.64. The number of nitrogens with one attached hydrogen (secondary N) is 2. The highest BCUT2D eigenvalue weighted by molar-refractivity contribution is 7.98. The zero-order valence-corrected chi connectivity index (χ0v) is 23.9. The first-order chi connectivity index (χ1) is 17.9. The Bertz CT molecular complexity index is 1150. The smallest absolute Gasteiger partial charge is 0.408 e. The standard InChI is InChI=1S/C29H37N3O5S/c1-9-32(27(34)24(14-15-38-8)31-28(35)37-29(4,5)6)25(21-17-19(2)16-20(3)18-21)26(33)30-22-10-12-23(36-7)13-11-22/h1,10-13,16-18,24-25H,14-15H2,2-8H3,(H,30,33)(H,31,35). The van der Waals surface area contributed by atoms with Crippen LogP contribution in [0.2, 0.25) is 0 Å². The number of amides is 3. The summed E-state index contributed by atoms with van der Waals surface area (Å²) in [7, 11) is 1.55. The van der Waals surface area contributed by atoms with Gasteiger partial charge in [0, 0.05) is 11.7 Å². The number of methoxy groups -OCH3 is 1. The minimum Gasteiger partial charge on any atom is -0.497 e.